The van der Waals surface area contributed by atoms with Gasteiger partial charge in [0.25, 0.3) is 5.91 Å². The summed E-state index contributed by atoms with van der Waals surface area (Å²) in [4.78, 5) is 29.8. The zero-order valence-electron chi connectivity index (χ0n) is 20.4. The number of carbonyl (C=O) groups excluding carboxylic acids is 2. The molecule has 0 unspecified atom stereocenters. The highest BCUT2D eigenvalue weighted by Gasteiger charge is 2.44. The van der Waals surface area contributed by atoms with E-state index in [0.29, 0.717) is 22.6 Å². The lowest BCUT2D eigenvalue weighted by molar-refractivity contribution is -0.199. The number of ether oxygens (including phenoxy) is 2. The SMILES string of the molecule is COc1c(C)cc(C(=O)N(OC(=O)C(F)(F)F)c2ccc(OCCN)c(-c3c(Cl)cnn3C)c2)cc1C. The Morgan fingerprint density at radius 3 is 2.32 bits per heavy atom. The summed E-state index contributed by atoms with van der Waals surface area (Å²) < 4.78 is 51.8. The second-order valence-corrected chi connectivity index (χ2v) is 8.31. The normalized spacial score (nSPS) is 11.3. The molecular weight excluding hydrogens is 517 g/mol. The molecule has 1 heterocycles. The van der Waals surface area contributed by atoms with Crippen molar-refractivity contribution in [1.29, 1.82) is 0 Å². The molecule has 2 N–H and O–H groups in total. The summed E-state index contributed by atoms with van der Waals surface area (Å²) in [6.07, 6.45) is -3.99. The number of rotatable bonds is 7. The molecule has 13 heteroatoms. The van der Waals surface area contributed by atoms with Gasteiger partial charge in [-0.05, 0) is 55.3 Å². The number of aromatic nitrogens is 2. The van der Waals surface area contributed by atoms with Gasteiger partial charge in [0.05, 0.1) is 29.7 Å². The lowest BCUT2D eigenvalue weighted by Crippen LogP contribution is -2.39. The third-order valence-electron chi connectivity index (χ3n) is 5.22. The number of methoxy groups -OCH3 is 1. The van der Waals surface area contributed by atoms with Crippen LogP contribution in [0, 0.1) is 13.8 Å². The molecule has 0 saturated carbocycles. The molecule has 37 heavy (non-hydrogen) atoms. The van der Waals surface area contributed by atoms with Crippen molar-refractivity contribution in [3.63, 3.8) is 0 Å². The molecule has 3 aromatic rings. The van der Waals surface area contributed by atoms with Crippen LogP contribution in [0.5, 0.6) is 11.5 Å². The molecule has 9 nitrogen and oxygen atoms in total. The molecule has 0 saturated heterocycles. The van der Waals surface area contributed by atoms with E-state index >= 15 is 0 Å². The van der Waals surface area contributed by atoms with Gasteiger partial charge in [-0.2, -0.15) is 18.3 Å². The van der Waals surface area contributed by atoms with E-state index in [1.807, 2.05) is 0 Å². The summed E-state index contributed by atoms with van der Waals surface area (Å²) in [5, 5.41) is 4.55. The van der Waals surface area contributed by atoms with Crippen LogP contribution in [0.3, 0.4) is 0 Å². The van der Waals surface area contributed by atoms with E-state index in [0.717, 1.165) is 0 Å². The van der Waals surface area contributed by atoms with Gasteiger partial charge >= 0.3 is 12.1 Å². The van der Waals surface area contributed by atoms with E-state index in [-0.39, 0.29) is 45.8 Å². The lowest BCUT2D eigenvalue weighted by Gasteiger charge is -2.24. The second kappa shape index (κ2) is 11.1. The van der Waals surface area contributed by atoms with Crippen LogP contribution >= 0.6 is 11.6 Å². The number of hydrogen-bond donors (Lipinski definition) is 1. The monoisotopic (exact) mass is 540 g/mol. The number of alkyl halides is 3. The maximum atomic E-state index is 13.4. The highest BCUT2D eigenvalue weighted by atomic mass is 35.5. The van der Waals surface area contributed by atoms with Crippen molar-refractivity contribution >= 4 is 29.2 Å². The molecule has 0 spiro atoms. The molecule has 2 aromatic carbocycles. The number of benzene rings is 2. The van der Waals surface area contributed by atoms with Gasteiger partial charge in [-0.1, -0.05) is 11.6 Å². The molecule has 0 fully saturated rings. The minimum Gasteiger partial charge on any atom is -0.496 e. The number of carbonyl (C=O) groups is 2. The van der Waals surface area contributed by atoms with Crippen LogP contribution in [0.1, 0.15) is 21.5 Å². The van der Waals surface area contributed by atoms with E-state index in [1.54, 1.807) is 20.9 Å². The quantitative estimate of drug-likeness (QED) is 0.443. The third kappa shape index (κ3) is 5.97. The predicted octanol–water partition coefficient (Wildman–Crippen LogP) is 4.37. The highest BCUT2D eigenvalue weighted by molar-refractivity contribution is 6.33. The summed E-state index contributed by atoms with van der Waals surface area (Å²) in [5.41, 5.74) is 7.04. The van der Waals surface area contributed by atoms with Crippen molar-refractivity contribution in [2.45, 2.75) is 20.0 Å². The number of anilines is 1. The molecule has 1 aromatic heterocycles. The molecule has 0 radical (unpaired) electrons. The fourth-order valence-electron chi connectivity index (χ4n) is 3.70. The van der Waals surface area contributed by atoms with Gasteiger partial charge in [0.1, 0.15) is 18.1 Å². The standard InChI is InChI=1S/C24H24ClF3N4O5/c1-13-9-15(10-14(2)21(13)35-4)22(33)32(37-23(34)24(26,27)28)16-5-6-19(36-8-7-29)17(11-16)20-18(25)12-30-31(20)3/h5-6,9-12H,7-8,29H2,1-4H3. The number of hydroxylamine groups is 1. The van der Waals surface area contributed by atoms with Gasteiger partial charge in [-0.15, -0.1) is 5.06 Å². The molecule has 0 bridgehead atoms. The van der Waals surface area contributed by atoms with Crippen molar-refractivity contribution in [1.82, 2.24) is 9.78 Å². The van der Waals surface area contributed by atoms with Gasteiger partial charge in [0.2, 0.25) is 0 Å². The molecule has 198 valence electrons. The Kier molecular flexibility index (Phi) is 8.34. The van der Waals surface area contributed by atoms with E-state index in [4.69, 9.17) is 26.8 Å². The molecular formula is C24H24ClF3N4O5. The number of hydrogen-bond acceptors (Lipinski definition) is 7. The second-order valence-electron chi connectivity index (χ2n) is 7.90. The topological polar surface area (TPSA) is 109 Å². The average molecular weight is 541 g/mol. The van der Waals surface area contributed by atoms with Gasteiger partial charge in [-0.3, -0.25) is 9.48 Å². The van der Waals surface area contributed by atoms with Crippen LogP contribution in [0.25, 0.3) is 11.3 Å². The summed E-state index contributed by atoms with van der Waals surface area (Å²) >= 11 is 6.29. The number of halogens is 4. The van der Waals surface area contributed by atoms with Crippen LogP contribution in [-0.4, -0.2) is 48.1 Å². The Labute approximate surface area is 215 Å². The van der Waals surface area contributed by atoms with Crippen LogP contribution in [0.2, 0.25) is 5.02 Å². The summed E-state index contributed by atoms with van der Waals surface area (Å²) in [6.45, 7) is 3.64. The van der Waals surface area contributed by atoms with Crippen LogP contribution in [0.15, 0.2) is 36.5 Å². The average Bonchev–Trinajstić information content (AvgIpc) is 3.17. The lowest BCUT2D eigenvalue weighted by atomic mass is 10.0. The molecule has 0 aliphatic rings. The smallest absolute Gasteiger partial charge is 0.493 e. The maximum Gasteiger partial charge on any atom is 0.493 e. The first kappa shape index (κ1) is 27.8. The molecule has 0 aliphatic carbocycles. The van der Waals surface area contributed by atoms with Gasteiger partial charge in [-0.25, -0.2) is 4.79 Å². The number of nitrogens with zero attached hydrogens (tertiary/aromatic N) is 3. The van der Waals surface area contributed by atoms with Crippen molar-refractivity contribution in [2.24, 2.45) is 12.8 Å². The van der Waals surface area contributed by atoms with E-state index < -0.39 is 18.1 Å². The van der Waals surface area contributed by atoms with Gasteiger partial charge in [0.15, 0.2) is 0 Å². The molecule has 3 rings (SSSR count). The fraction of sp³-hybridized carbons (Fsp3) is 0.292. The van der Waals surface area contributed by atoms with Crippen molar-refractivity contribution < 1.29 is 37.1 Å². The Morgan fingerprint density at radius 2 is 1.81 bits per heavy atom. The zero-order valence-corrected chi connectivity index (χ0v) is 21.1. The van der Waals surface area contributed by atoms with Crippen LogP contribution < -0.4 is 20.3 Å². The molecule has 0 aliphatic heterocycles. The largest absolute Gasteiger partial charge is 0.496 e. The van der Waals surface area contributed by atoms with Crippen molar-refractivity contribution in [2.75, 3.05) is 25.3 Å². The minimum absolute atomic E-state index is 0.0330. The van der Waals surface area contributed by atoms with Crippen molar-refractivity contribution in [3.8, 4) is 22.8 Å². The number of nitrogens with two attached hydrogens (primary N) is 1. The first-order valence-corrected chi connectivity index (χ1v) is 11.2. The Morgan fingerprint density at radius 1 is 1.16 bits per heavy atom. The van der Waals surface area contributed by atoms with Crippen LogP contribution in [-0.2, 0) is 16.7 Å². The minimum atomic E-state index is -5.36. The Bertz CT molecular complexity index is 1280. The highest BCUT2D eigenvalue weighted by Crippen LogP contribution is 2.38. The van der Waals surface area contributed by atoms with Crippen LogP contribution in [0.4, 0.5) is 18.9 Å². The molecule has 0 atom stereocenters. The summed E-state index contributed by atoms with van der Waals surface area (Å²) in [6, 6.07) is 6.81. The number of aryl methyl sites for hydroxylation is 3. The predicted molar refractivity (Wildman–Crippen MR) is 130 cm³/mol. The summed E-state index contributed by atoms with van der Waals surface area (Å²) in [7, 11) is 3.05. The van der Waals surface area contributed by atoms with Gasteiger partial charge < -0.3 is 20.0 Å². The van der Waals surface area contributed by atoms with E-state index in [9.17, 15) is 22.8 Å². The number of amides is 1. The Hall–Kier alpha value is -3.77. The molecule has 1 amide bonds. The van der Waals surface area contributed by atoms with Gasteiger partial charge in [0, 0.05) is 24.7 Å². The third-order valence-corrected chi connectivity index (χ3v) is 5.50. The zero-order chi connectivity index (χ0) is 27.5. The first-order valence-electron chi connectivity index (χ1n) is 10.8. The summed E-state index contributed by atoms with van der Waals surface area (Å²) in [5.74, 6) is -2.83. The van der Waals surface area contributed by atoms with E-state index in [1.165, 1.54) is 48.3 Å². The maximum absolute atomic E-state index is 13.4. The fourth-order valence-corrected chi connectivity index (χ4v) is 3.96. The van der Waals surface area contributed by atoms with Crippen molar-refractivity contribution in [3.05, 3.63) is 58.2 Å². The first-order chi connectivity index (χ1) is 17.4. The van der Waals surface area contributed by atoms with E-state index in [2.05, 4.69) is 9.94 Å². The Balaban J connectivity index is 2.18.